The fourth-order valence-electron chi connectivity index (χ4n) is 1.94. The molecule has 0 radical (unpaired) electrons. The second kappa shape index (κ2) is 10.6. The molecule has 0 unspecified atom stereocenters. The molecule has 0 heterocycles. The molecule has 5 nitrogen and oxygen atoms in total. The van der Waals surface area contributed by atoms with Crippen LogP contribution >= 0.6 is 0 Å². The number of carbonyl (C=O) groups is 2. The van der Waals surface area contributed by atoms with Crippen LogP contribution in [0.3, 0.4) is 0 Å². The molecule has 0 aliphatic heterocycles. The number of esters is 1. The number of amides is 1. The van der Waals surface area contributed by atoms with Crippen molar-refractivity contribution in [2.24, 2.45) is 0 Å². The van der Waals surface area contributed by atoms with Crippen molar-refractivity contribution >= 4 is 18.0 Å². The van der Waals surface area contributed by atoms with Gasteiger partial charge in [-0.1, -0.05) is 29.8 Å². The Morgan fingerprint density at radius 3 is 2.48 bits per heavy atom. The lowest BCUT2D eigenvalue weighted by Gasteiger charge is -2.20. The SMILES string of the molecule is CCOC(=O)CCN(CCOC)C(=O)/C=C/c1ccc(C)cc1. The highest BCUT2D eigenvalue weighted by Crippen LogP contribution is 2.06. The molecule has 5 heteroatoms. The van der Waals surface area contributed by atoms with E-state index >= 15 is 0 Å². The van der Waals surface area contributed by atoms with Gasteiger partial charge in [-0.25, -0.2) is 0 Å². The van der Waals surface area contributed by atoms with Crippen LogP contribution in [0.1, 0.15) is 24.5 Å². The molecule has 0 aromatic heterocycles. The number of hydrogen-bond donors (Lipinski definition) is 0. The quantitative estimate of drug-likeness (QED) is 0.518. The predicted octanol–water partition coefficient (Wildman–Crippen LogP) is 2.44. The van der Waals surface area contributed by atoms with Crippen molar-refractivity contribution in [3.05, 3.63) is 41.5 Å². The van der Waals surface area contributed by atoms with Crippen LogP contribution in [-0.2, 0) is 19.1 Å². The molecule has 0 saturated heterocycles. The molecule has 0 aliphatic carbocycles. The summed E-state index contributed by atoms with van der Waals surface area (Å²) in [7, 11) is 1.58. The zero-order valence-electron chi connectivity index (χ0n) is 14.1. The Morgan fingerprint density at radius 2 is 1.87 bits per heavy atom. The summed E-state index contributed by atoms with van der Waals surface area (Å²) in [6.07, 6.45) is 3.47. The van der Waals surface area contributed by atoms with Crippen LogP contribution in [-0.4, -0.2) is 50.2 Å². The van der Waals surface area contributed by atoms with Crippen molar-refractivity contribution in [3.8, 4) is 0 Å². The highest BCUT2D eigenvalue weighted by molar-refractivity contribution is 5.92. The number of hydrogen-bond acceptors (Lipinski definition) is 4. The van der Waals surface area contributed by atoms with Crippen LogP contribution in [0.5, 0.6) is 0 Å². The Morgan fingerprint density at radius 1 is 1.17 bits per heavy atom. The van der Waals surface area contributed by atoms with E-state index in [1.807, 2.05) is 31.2 Å². The summed E-state index contributed by atoms with van der Waals surface area (Å²) in [5.74, 6) is -0.447. The fraction of sp³-hybridized carbons (Fsp3) is 0.444. The van der Waals surface area contributed by atoms with Crippen LogP contribution < -0.4 is 0 Å². The molecule has 0 spiro atoms. The largest absolute Gasteiger partial charge is 0.466 e. The van der Waals surface area contributed by atoms with E-state index in [1.54, 1.807) is 25.0 Å². The van der Waals surface area contributed by atoms with Crippen molar-refractivity contribution in [2.45, 2.75) is 20.3 Å². The molecule has 1 rings (SSSR count). The van der Waals surface area contributed by atoms with Crippen LogP contribution in [0.2, 0.25) is 0 Å². The number of nitrogens with zero attached hydrogens (tertiary/aromatic N) is 1. The first-order valence-corrected chi connectivity index (χ1v) is 7.75. The van der Waals surface area contributed by atoms with E-state index in [0.717, 1.165) is 5.56 Å². The van der Waals surface area contributed by atoms with Crippen LogP contribution in [0.15, 0.2) is 30.3 Å². The van der Waals surface area contributed by atoms with Gasteiger partial charge in [-0.15, -0.1) is 0 Å². The molecule has 0 atom stereocenters. The normalized spacial score (nSPS) is 10.7. The van der Waals surface area contributed by atoms with Crippen molar-refractivity contribution in [1.82, 2.24) is 4.90 Å². The Labute approximate surface area is 137 Å². The van der Waals surface area contributed by atoms with Gasteiger partial charge in [-0.3, -0.25) is 9.59 Å². The lowest BCUT2D eigenvalue weighted by Crippen LogP contribution is -2.34. The molecule has 1 amide bonds. The first-order chi connectivity index (χ1) is 11.1. The third-order valence-electron chi connectivity index (χ3n) is 3.26. The molecule has 0 aliphatic rings. The molecule has 23 heavy (non-hydrogen) atoms. The second-order valence-electron chi connectivity index (χ2n) is 5.12. The van der Waals surface area contributed by atoms with E-state index in [1.165, 1.54) is 11.6 Å². The van der Waals surface area contributed by atoms with Gasteiger partial charge in [0.1, 0.15) is 0 Å². The van der Waals surface area contributed by atoms with Crippen molar-refractivity contribution in [1.29, 1.82) is 0 Å². The maximum absolute atomic E-state index is 12.3. The minimum atomic E-state index is -0.301. The van der Waals surface area contributed by atoms with E-state index in [0.29, 0.717) is 26.3 Å². The van der Waals surface area contributed by atoms with E-state index in [2.05, 4.69) is 0 Å². The third kappa shape index (κ3) is 7.61. The number of ether oxygens (including phenoxy) is 2. The van der Waals surface area contributed by atoms with E-state index < -0.39 is 0 Å². The Kier molecular flexibility index (Phi) is 8.68. The molecule has 0 bridgehead atoms. The number of carbonyl (C=O) groups excluding carboxylic acids is 2. The van der Waals surface area contributed by atoms with Crippen molar-refractivity contribution in [3.63, 3.8) is 0 Å². The summed E-state index contributed by atoms with van der Waals surface area (Å²) < 4.78 is 9.91. The number of rotatable bonds is 9. The van der Waals surface area contributed by atoms with Crippen molar-refractivity contribution in [2.75, 3.05) is 33.4 Å². The Bertz CT molecular complexity index is 522. The van der Waals surface area contributed by atoms with Gasteiger partial charge in [-0.2, -0.15) is 0 Å². The molecular formula is C18H25NO4. The molecule has 0 fully saturated rings. The summed E-state index contributed by atoms with van der Waals surface area (Å²) in [6, 6.07) is 7.90. The average Bonchev–Trinajstić information content (AvgIpc) is 2.54. The Hall–Kier alpha value is -2.14. The fourth-order valence-corrected chi connectivity index (χ4v) is 1.94. The lowest BCUT2D eigenvalue weighted by atomic mass is 10.1. The third-order valence-corrected chi connectivity index (χ3v) is 3.26. The number of methoxy groups -OCH3 is 1. The lowest BCUT2D eigenvalue weighted by molar-refractivity contribution is -0.143. The minimum absolute atomic E-state index is 0.146. The monoisotopic (exact) mass is 319 g/mol. The minimum Gasteiger partial charge on any atom is -0.466 e. The predicted molar refractivity (Wildman–Crippen MR) is 89.9 cm³/mol. The van der Waals surface area contributed by atoms with Crippen LogP contribution in [0.4, 0.5) is 0 Å². The molecule has 0 saturated carbocycles. The number of benzene rings is 1. The highest BCUT2D eigenvalue weighted by atomic mass is 16.5. The number of aryl methyl sites for hydroxylation is 1. The smallest absolute Gasteiger partial charge is 0.307 e. The van der Waals surface area contributed by atoms with Crippen LogP contribution in [0.25, 0.3) is 6.08 Å². The first-order valence-electron chi connectivity index (χ1n) is 7.75. The highest BCUT2D eigenvalue weighted by Gasteiger charge is 2.13. The molecule has 1 aromatic rings. The first kappa shape index (κ1) is 18.9. The van der Waals surface area contributed by atoms with Gasteiger partial charge in [0.25, 0.3) is 0 Å². The van der Waals surface area contributed by atoms with Gasteiger partial charge >= 0.3 is 5.97 Å². The standard InChI is InChI=1S/C18H25NO4/c1-4-23-18(21)11-12-19(13-14-22-3)17(20)10-9-16-7-5-15(2)6-8-16/h5-10H,4,11-14H2,1-3H3/b10-9+. The molecule has 1 aromatic carbocycles. The van der Waals surface area contributed by atoms with Crippen molar-refractivity contribution < 1.29 is 19.1 Å². The van der Waals surface area contributed by atoms with E-state index in [4.69, 9.17) is 9.47 Å². The van der Waals surface area contributed by atoms with E-state index in [9.17, 15) is 9.59 Å². The zero-order valence-corrected chi connectivity index (χ0v) is 14.1. The summed E-state index contributed by atoms with van der Waals surface area (Å²) in [5.41, 5.74) is 2.13. The van der Waals surface area contributed by atoms with Gasteiger partial charge in [0.15, 0.2) is 0 Å². The average molecular weight is 319 g/mol. The Balaban J connectivity index is 2.62. The van der Waals surface area contributed by atoms with Gasteiger partial charge < -0.3 is 14.4 Å². The molecule has 0 N–H and O–H groups in total. The van der Waals surface area contributed by atoms with E-state index in [-0.39, 0.29) is 18.3 Å². The zero-order chi connectivity index (χ0) is 17.1. The maximum atomic E-state index is 12.3. The topological polar surface area (TPSA) is 55.8 Å². The van der Waals surface area contributed by atoms with Gasteiger partial charge in [0.2, 0.25) is 5.91 Å². The summed E-state index contributed by atoms with van der Waals surface area (Å²) >= 11 is 0. The van der Waals surface area contributed by atoms with Crippen LogP contribution in [0, 0.1) is 6.92 Å². The van der Waals surface area contributed by atoms with Gasteiger partial charge in [0.05, 0.1) is 19.6 Å². The summed E-state index contributed by atoms with van der Waals surface area (Å²) in [4.78, 5) is 25.3. The second-order valence-corrected chi connectivity index (χ2v) is 5.12. The summed E-state index contributed by atoms with van der Waals surface area (Å²) in [5, 5.41) is 0. The molecule has 126 valence electrons. The maximum Gasteiger partial charge on any atom is 0.307 e. The molecular weight excluding hydrogens is 294 g/mol. The summed E-state index contributed by atoms with van der Waals surface area (Å²) in [6.45, 7) is 5.30. The van der Waals surface area contributed by atoms with Gasteiger partial charge in [0, 0.05) is 26.3 Å². The van der Waals surface area contributed by atoms with Gasteiger partial charge in [-0.05, 0) is 25.5 Å².